The third kappa shape index (κ3) is 3.83. The fraction of sp³-hybridized carbons (Fsp3) is 0.263. The number of ether oxygens (including phenoxy) is 1. The van der Waals surface area contributed by atoms with Gasteiger partial charge >= 0.3 is 0 Å². The molecule has 3 aromatic rings. The lowest BCUT2D eigenvalue weighted by atomic mass is 10.3. The summed E-state index contributed by atoms with van der Waals surface area (Å²) < 4.78 is 30.9. The number of piperazine rings is 1. The van der Waals surface area contributed by atoms with Crippen molar-refractivity contribution in [2.45, 2.75) is 9.79 Å². The molecule has 0 atom stereocenters. The molecule has 1 aromatic carbocycles. The van der Waals surface area contributed by atoms with Gasteiger partial charge in [0, 0.05) is 38.6 Å². The van der Waals surface area contributed by atoms with Crippen LogP contribution in [-0.4, -0.2) is 61.6 Å². The van der Waals surface area contributed by atoms with Crippen LogP contribution in [0.15, 0.2) is 58.7 Å². The first-order valence-corrected chi connectivity index (χ1v) is 10.8. The van der Waals surface area contributed by atoms with Crippen LogP contribution in [0.25, 0.3) is 0 Å². The number of nitrogen functional groups attached to an aromatic ring is 1. The van der Waals surface area contributed by atoms with Gasteiger partial charge in [-0.2, -0.15) is 4.98 Å². The fourth-order valence-electron chi connectivity index (χ4n) is 3.18. The lowest BCUT2D eigenvalue weighted by molar-refractivity contribution is 0.414. The SMILES string of the molecule is COc1ccc(S(=O)(=O)c2cnc(N3CCN(c4ncccn4)CC3)nc2N)cc1. The van der Waals surface area contributed by atoms with E-state index < -0.39 is 9.84 Å². The number of rotatable bonds is 5. The van der Waals surface area contributed by atoms with Crippen molar-refractivity contribution in [3.8, 4) is 5.75 Å². The van der Waals surface area contributed by atoms with E-state index in [-0.39, 0.29) is 15.6 Å². The monoisotopic (exact) mass is 427 g/mol. The standard InChI is InChI=1S/C19H21N7O3S/c1-29-14-3-5-15(6-4-14)30(27,28)16-13-23-19(24-17(16)20)26-11-9-25(10-12-26)18-21-7-2-8-22-18/h2-8,13H,9-12H2,1H3,(H2,20,23,24). The zero-order valence-electron chi connectivity index (χ0n) is 16.3. The summed E-state index contributed by atoms with van der Waals surface area (Å²) >= 11 is 0. The van der Waals surface area contributed by atoms with Gasteiger partial charge in [-0.25, -0.2) is 23.4 Å². The lowest BCUT2D eigenvalue weighted by Crippen LogP contribution is -2.47. The van der Waals surface area contributed by atoms with Crippen LogP contribution >= 0.6 is 0 Å². The number of nitrogens with two attached hydrogens (primary N) is 1. The fourth-order valence-corrected chi connectivity index (χ4v) is 4.44. The molecule has 2 aromatic heterocycles. The van der Waals surface area contributed by atoms with Crippen molar-refractivity contribution in [2.24, 2.45) is 0 Å². The zero-order chi connectivity index (χ0) is 21.1. The molecule has 0 saturated carbocycles. The molecule has 0 bridgehead atoms. The molecule has 3 heterocycles. The van der Waals surface area contributed by atoms with Gasteiger partial charge in [0.05, 0.1) is 18.2 Å². The molecule has 0 amide bonds. The van der Waals surface area contributed by atoms with E-state index in [9.17, 15) is 8.42 Å². The predicted molar refractivity (Wildman–Crippen MR) is 111 cm³/mol. The Bertz CT molecular complexity index is 1120. The van der Waals surface area contributed by atoms with Crippen molar-refractivity contribution in [3.05, 3.63) is 48.9 Å². The highest BCUT2D eigenvalue weighted by atomic mass is 32.2. The van der Waals surface area contributed by atoms with Crippen molar-refractivity contribution < 1.29 is 13.2 Å². The van der Waals surface area contributed by atoms with E-state index in [4.69, 9.17) is 10.5 Å². The van der Waals surface area contributed by atoms with Crippen LogP contribution in [0.1, 0.15) is 0 Å². The van der Waals surface area contributed by atoms with E-state index in [2.05, 4.69) is 24.8 Å². The molecule has 156 valence electrons. The summed E-state index contributed by atoms with van der Waals surface area (Å²) in [6, 6.07) is 7.86. The Kier molecular flexibility index (Phi) is 5.36. The van der Waals surface area contributed by atoms with Crippen LogP contribution < -0.4 is 20.3 Å². The van der Waals surface area contributed by atoms with Crippen LogP contribution in [0.2, 0.25) is 0 Å². The second kappa shape index (κ2) is 8.11. The molecular weight excluding hydrogens is 406 g/mol. The molecule has 1 aliphatic rings. The van der Waals surface area contributed by atoms with Crippen molar-refractivity contribution in [2.75, 3.05) is 48.8 Å². The molecule has 0 radical (unpaired) electrons. The van der Waals surface area contributed by atoms with E-state index in [0.29, 0.717) is 43.8 Å². The van der Waals surface area contributed by atoms with Gasteiger partial charge in [0.2, 0.25) is 21.7 Å². The summed E-state index contributed by atoms with van der Waals surface area (Å²) in [7, 11) is -2.32. The van der Waals surface area contributed by atoms with Crippen molar-refractivity contribution in [1.29, 1.82) is 0 Å². The smallest absolute Gasteiger partial charge is 0.227 e. The van der Waals surface area contributed by atoms with Gasteiger partial charge in [0.25, 0.3) is 0 Å². The Balaban J connectivity index is 1.51. The Labute approximate surface area is 174 Å². The van der Waals surface area contributed by atoms with Gasteiger partial charge in [-0.1, -0.05) is 0 Å². The zero-order valence-corrected chi connectivity index (χ0v) is 17.2. The molecule has 10 nitrogen and oxygen atoms in total. The van der Waals surface area contributed by atoms with Gasteiger partial charge in [-0.15, -0.1) is 0 Å². The Morgan fingerprint density at radius 1 is 0.933 bits per heavy atom. The first-order chi connectivity index (χ1) is 14.5. The minimum absolute atomic E-state index is 0.0790. The number of methoxy groups -OCH3 is 1. The lowest BCUT2D eigenvalue weighted by Gasteiger charge is -2.34. The summed E-state index contributed by atoms with van der Waals surface area (Å²) in [5.41, 5.74) is 6.01. The number of aromatic nitrogens is 4. The average molecular weight is 427 g/mol. The molecule has 1 saturated heterocycles. The van der Waals surface area contributed by atoms with Crippen LogP contribution in [0.4, 0.5) is 17.7 Å². The summed E-state index contributed by atoms with van der Waals surface area (Å²) in [6.45, 7) is 2.67. The largest absolute Gasteiger partial charge is 0.497 e. The van der Waals surface area contributed by atoms with Crippen molar-refractivity contribution in [1.82, 2.24) is 19.9 Å². The first kappa shape index (κ1) is 19.8. The second-order valence-corrected chi connectivity index (χ2v) is 8.54. The summed E-state index contributed by atoms with van der Waals surface area (Å²) in [6.07, 6.45) is 4.69. The van der Waals surface area contributed by atoms with Crippen LogP contribution in [0.3, 0.4) is 0 Å². The molecule has 1 aliphatic heterocycles. The maximum absolute atomic E-state index is 12.9. The first-order valence-electron chi connectivity index (χ1n) is 9.27. The van der Waals surface area contributed by atoms with E-state index in [1.807, 2.05) is 4.90 Å². The van der Waals surface area contributed by atoms with Crippen LogP contribution in [0, 0.1) is 0 Å². The number of benzene rings is 1. The quantitative estimate of drug-likeness (QED) is 0.630. The highest BCUT2D eigenvalue weighted by Gasteiger charge is 2.25. The van der Waals surface area contributed by atoms with E-state index >= 15 is 0 Å². The third-order valence-electron chi connectivity index (χ3n) is 4.83. The van der Waals surface area contributed by atoms with Gasteiger partial charge in [0.1, 0.15) is 16.5 Å². The number of hydrogen-bond donors (Lipinski definition) is 1. The second-order valence-electron chi connectivity index (χ2n) is 6.62. The summed E-state index contributed by atoms with van der Waals surface area (Å²) in [4.78, 5) is 21.1. The number of sulfone groups is 1. The number of nitrogens with zero attached hydrogens (tertiary/aromatic N) is 6. The summed E-state index contributed by atoms with van der Waals surface area (Å²) in [5.74, 6) is 1.56. The third-order valence-corrected chi connectivity index (χ3v) is 6.61. The van der Waals surface area contributed by atoms with Gasteiger partial charge in [-0.3, -0.25) is 0 Å². The highest BCUT2D eigenvalue weighted by molar-refractivity contribution is 7.91. The molecule has 4 rings (SSSR count). The number of hydrogen-bond acceptors (Lipinski definition) is 10. The number of anilines is 3. The Morgan fingerprint density at radius 2 is 1.53 bits per heavy atom. The maximum Gasteiger partial charge on any atom is 0.227 e. The predicted octanol–water partition coefficient (Wildman–Crippen LogP) is 1.02. The van der Waals surface area contributed by atoms with Gasteiger partial charge in [-0.05, 0) is 30.3 Å². The normalized spacial score (nSPS) is 14.6. The molecule has 1 fully saturated rings. The van der Waals surface area contributed by atoms with E-state index in [0.717, 1.165) is 0 Å². The molecular formula is C19H21N7O3S. The summed E-state index contributed by atoms with van der Waals surface area (Å²) in [5, 5.41) is 0. The van der Waals surface area contributed by atoms with E-state index in [1.54, 1.807) is 30.6 Å². The maximum atomic E-state index is 12.9. The van der Waals surface area contributed by atoms with E-state index in [1.165, 1.54) is 25.4 Å². The van der Waals surface area contributed by atoms with Crippen molar-refractivity contribution >= 4 is 27.6 Å². The van der Waals surface area contributed by atoms with Crippen molar-refractivity contribution in [3.63, 3.8) is 0 Å². The molecule has 11 heteroatoms. The Morgan fingerprint density at radius 3 is 2.10 bits per heavy atom. The topological polar surface area (TPSA) is 127 Å². The molecule has 0 unspecified atom stereocenters. The van der Waals surface area contributed by atoms with Crippen LogP contribution in [0.5, 0.6) is 5.75 Å². The van der Waals surface area contributed by atoms with Gasteiger partial charge in [0.15, 0.2) is 0 Å². The highest BCUT2D eigenvalue weighted by Crippen LogP contribution is 2.27. The van der Waals surface area contributed by atoms with Gasteiger partial charge < -0.3 is 20.3 Å². The molecule has 30 heavy (non-hydrogen) atoms. The average Bonchev–Trinajstić information content (AvgIpc) is 2.79. The van der Waals surface area contributed by atoms with Crippen LogP contribution in [-0.2, 0) is 9.84 Å². The Hall–Kier alpha value is -3.47. The minimum Gasteiger partial charge on any atom is -0.497 e. The molecule has 0 spiro atoms. The molecule has 0 aliphatic carbocycles. The molecule has 2 N–H and O–H groups in total. The minimum atomic E-state index is -3.84.